The Bertz CT molecular complexity index is 584. The van der Waals surface area contributed by atoms with Crippen LogP contribution in [0.4, 0.5) is 21.6 Å². The van der Waals surface area contributed by atoms with Gasteiger partial charge in [0.1, 0.15) is 5.82 Å². The van der Waals surface area contributed by atoms with Gasteiger partial charge in [-0.25, -0.2) is 9.37 Å². The number of hydrogen-bond acceptors (Lipinski definition) is 4. The lowest BCUT2D eigenvalue weighted by Gasteiger charge is -2.10. The quantitative estimate of drug-likeness (QED) is 0.829. The van der Waals surface area contributed by atoms with Crippen LogP contribution in [0, 0.1) is 12.7 Å². The van der Waals surface area contributed by atoms with Gasteiger partial charge in [-0.3, -0.25) is 0 Å². The van der Waals surface area contributed by atoms with Gasteiger partial charge >= 0.3 is 0 Å². The van der Waals surface area contributed by atoms with Crippen LogP contribution in [-0.2, 0) is 0 Å². The topological polar surface area (TPSA) is 63.8 Å². The predicted molar refractivity (Wildman–Crippen MR) is 70.9 cm³/mol. The van der Waals surface area contributed by atoms with Crippen LogP contribution in [0.15, 0.2) is 18.2 Å². The van der Waals surface area contributed by atoms with Crippen LogP contribution < -0.4 is 11.1 Å². The molecule has 18 heavy (non-hydrogen) atoms. The molecule has 94 valence electrons. The molecule has 0 aliphatic carbocycles. The van der Waals surface area contributed by atoms with E-state index in [0.717, 1.165) is 0 Å². The molecule has 4 nitrogen and oxygen atoms in total. The van der Waals surface area contributed by atoms with E-state index in [1.54, 1.807) is 13.0 Å². The minimum atomic E-state index is -0.458. The summed E-state index contributed by atoms with van der Waals surface area (Å²) < 4.78 is 13.2. The van der Waals surface area contributed by atoms with Gasteiger partial charge < -0.3 is 11.1 Å². The second-order valence-corrected chi connectivity index (χ2v) is 4.40. The molecule has 0 amide bonds. The molecule has 0 aliphatic heterocycles. The molecule has 0 saturated heterocycles. The summed E-state index contributed by atoms with van der Waals surface area (Å²) in [4.78, 5) is 7.84. The van der Waals surface area contributed by atoms with Crippen molar-refractivity contribution in [1.29, 1.82) is 0 Å². The first-order valence-electron chi connectivity index (χ1n) is 4.98. The molecule has 1 aromatic carbocycles. The lowest BCUT2D eigenvalue weighted by atomic mass is 10.3. The third kappa shape index (κ3) is 2.80. The van der Waals surface area contributed by atoms with Crippen molar-refractivity contribution in [3.8, 4) is 0 Å². The zero-order valence-electron chi connectivity index (χ0n) is 9.34. The van der Waals surface area contributed by atoms with Crippen LogP contribution in [0.1, 0.15) is 5.69 Å². The van der Waals surface area contributed by atoms with Gasteiger partial charge in [0.2, 0.25) is 5.28 Å². The maximum atomic E-state index is 13.2. The van der Waals surface area contributed by atoms with Crippen molar-refractivity contribution in [3.63, 3.8) is 0 Å². The SMILES string of the molecule is Cc1nc(Cl)nc(Nc2cc(F)cc(Cl)c2)c1N. The smallest absolute Gasteiger partial charge is 0.224 e. The Hall–Kier alpha value is -1.59. The standard InChI is InChI=1S/C11H9Cl2FN4/c1-5-9(15)10(18-11(13)16-5)17-8-3-6(12)2-7(14)4-8/h2-4H,15H2,1H3,(H,16,17,18). The van der Waals surface area contributed by atoms with Crippen LogP contribution in [0.2, 0.25) is 10.3 Å². The van der Waals surface area contributed by atoms with Crippen molar-refractivity contribution < 1.29 is 4.39 Å². The lowest BCUT2D eigenvalue weighted by molar-refractivity contribution is 0.628. The number of hydrogen-bond donors (Lipinski definition) is 2. The first kappa shape index (κ1) is 12.9. The maximum absolute atomic E-state index is 13.2. The first-order chi connectivity index (χ1) is 8.45. The van der Waals surface area contributed by atoms with E-state index in [4.69, 9.17) is 28.9 Å². The molecule has 2 aromatic rings. The highest BCUT2D eigenvalue weighted by molar-refractivity contribution is 6.30. The average Bonchev–Trinajstić information content (AvgIpc) is 2.23. The summed E-state index contributed by atoms with van der Waals surface area (Å²) in [6, 6.07) is 4.03. The number of nitrogens with one attached hydrogen (secondary N) is 1. The number of nitrogen functional groups attached to an aromatic ring is 1. The predicted octanol–water partition coefficient (Wildman–Crippen LogP) is 3.56. The molecule has 0 atom stereocenters. The van der Waals surface area contributed by atoms with Gasteiger partial charge in [0.05, 0.1) is 11.4 Å². The van der Waals surface area contributed by atoms with Gasteiger partial charge in [0, 0.05) is 10.7 Å². The summed E-state index contributed by atoms with van der Waals surface area (Å²) in [6.07, 6.45) is 0. The number of nitrogens with two attached hydrogens (primary N) is 1. The summed E-state index contributed by atoms with van der Waals surface area (Å²) >= 11 is 11.5. The Kier molecular flexibility index (Phi) is 3.54. The molecule has 0 aliphatic rings. The van der Waals surface area contributed by atoms with Crippen molar-refractivity contribution in [3.05, 3.63) is 40.0 Å². The number of benzene rings is 1. The van der Waals surface area contributed by atoms with Crippen LogP contribution in [0.3, 0.4) is 0 Å². The van der Waals surface area contributed by atoms with Crippen LogP contribution in [0.5, 0.6) is 0 Å². The van der Waals surface area contributed by atoms with Crippen molar-refractivity contribution in [2.45, 2.75) is 6.92 Å². The third-order valence-corrected chi connectivity index (χ3v) is 2.62. The number of aryl methyl sites for hydroxylation is 1. The fourth-order valence-electron chi connectivity index (χ4n) is 1.41. The molecule has 3 N–H and O–H groups in total. The van der Waals surface area contributed by atoms with Gasteiger partial charge in [0.25, 0.3) is 0 Å². The van der Waals surface area contributed by atoms with Crippen LogP contribution >= 0.6 is 23.2 Å². The summed E-state index contributed by atoms with van der Waals surface area (Å²) in [6.45, 7) is 1.70. The minimum absolute atomic E-state index is 0.0618. The second kappa shape index (κ2) is 4.96. The Morgan fingerprint density at radius 1 is 1.22 bits per heavy atom. The van der Waals surface area contributed by atoms with Crippen molar-refractivity contribution in [1.82, 2.24) is 9.97 Å². The van der Waals surface area contributed by atoms with E-state index in [-0.39, 0.29) is 10.3 Å². The Morgan fingerprint density at radius 2 is 1.94 bits per heavy atom. The molecule has 7 heteroatoms. The minimum Gasteiger partial charge on any atom is -0.394 e. The zero-order valence-corrected chi connectivity index (χ0v) is 10.8. The van der Waals surface area contributed by atoms with E-state index in [9.17, 15) is 4.39 Å². The Labute approximate surface area is 113 Å². The largest absolute Gasteiger partial charge is 0.394 e. The number of halogens is 3. The highest BCUT2D eigenvalue weighted by Gasteiger charge is 2.09. The number of anilines is 3. The molecule has 1 aromatic heterocycles. The number of rotatable bonds is 2. The van der Waals surface area contributed by atoms with Crippen LogP contribution in [0.25, 0.3) is 0 Å². The summed E-state index contributed by atoms with van der Waals surface area (Å²) in [5.74, 6) is -0.144. The average molecular weight is 287 g/mol. The Morgan fingerprint density at radius 3 is 2.61 bits per heavy atom. The van der Waals surface area contributed by atoms with E-state index in [2.05, 4.69) is 15.3 Å². The third-order valence-electron chi connectivity index (χ3n) is 2.23. The molecular formula is C11H9Cl2FN4. The van der Waals surface area contributed by atoms with Gasteiger partial charge in [-0.05, 0) is 36.7 Å². The van der Waals surface area contributed by atoms with E-state index < -0.39 is 5.82 Å². The fourth-order valence-corrected chi connectivity index (χ4v) is 1.84. The van der Waals surface area contributed by atoms with Gasteiger partial charge in [-0.1, -0.05) is 11.6 Å². The fraction of sp³-hybridized carbons (Fsp3) is 0.0909. The zero-order chi connectivity index (χ0) is 13.3. The van der Waals surface area contributed by atoms with Gasteiger partial charge in [-0.2, -0.15) is 4.98 Å². The van der Waals surface area contributed by atoms with Gasteiger partial charge in [0.15, 0.2) is 5.82 Å². The second-order valence-electron chi connectivity index (χ2n) is 3.62. The molecule has 0 unspecified atom stereocenters. The molecule has 0 bridgehead atoms. The molecular weight excluding hydrogens is 278 g/mol. The molecule has 0 saturated carbocycles. The normalized spacial score (nSPS) is 10.4. The van der Waals surface area contributed by atoms with Crippen molar-refractivity contribution in [2.24, 2.45) is 0 Å². The highest BCUT2D eigenvalue weighted by atomic mass is 35.5. The van der Waals surface area contributed by atoms with Crippen molar-refractivity contribution >= 4 is 40.4 Å². The first-order valence-corrected chi connectivity index (χ1v) is 5.74. The lowest BCUT2D eigenvalue weighted by Crippen LogP contribution is -2.04. The van der Waals surface area contributed by atoms with E-state index in [1.165, 1.54) is 12.1 Å². The monoisotopic (exact) mass is 286 g/mol. The maximum Gasteiger partial charge on any atom is 0.224 e. The summed E-state index contributed by atoms with van der Waals surface area (Å²) in [5, 5.41) is 3.18. The number of nitrogens with zero attached hydrogens (tertiary/aromatic N) is 2. The molecule has 1 heterocycles. The molecule has 0 spiro atoms. The van der Waals surface area contributed by atoms with Crippen molar-refractivity contribution in [2.75, 3.05) is 11.1 Å². The molecule has 0 radical (unpaired) electrons. The summed E-state index contributed by atoms with van der Waals surface area (Å²) in [5.41, 5.74) is 7.12. The Balaban J connectivity index is 2.39. The van der Waals surface area contributed by atoms with Crippen LogP contribution in [-0.4, -0.2) is 9.97 Å². The van der Waals surface area contributed by atoms with E-state index in [1.807, 2.05) is 0 Å². The highest BCUT2D eigenvalue weighted by Crippen LogP contribution is 2.26. The summed E-state index contributed by atoms with van der Waals surface area (Å²) in [7, 11) is 0. The molecule has 0 fully saturated rings. The van der Waals surface area contributed by atoms with E-state index >= 15 is 0 Å². The van der Waals surface area contributed by atoms with Gasteiger partial charge in [-0.15, -0.1) is 0 Å². The number of aromatic nitrogens is 2. The van der Waals surface area contributed by atoms with E-state index in [0.29, 0.717) is 22.9 Å². The molecule has 2 rings (SSSR count).